The zero-order chi connectivity index (χ0) is 11.4. The Hall–Kier alpha value is -1.73. The summed E-state index contributed by atoms with van der Waals surface area (Å²) in [7, 11) is 0. The molecule has 0 saturated heterocycles. The second-order valence-corrected chi connectivity index (χ2v) is 3.04. The molecule has 1 atom stereocenters. The van der Waals surface area contributed by atoms with Crippen molar-refractivity contribution in [1.82, 2.24) is 0 Å². The fourth-order valence-corrected chi connectivity index (χ4v) is 1.18. The first-order chi connectivity index (χ1) is 7.02. The number of hydrogen-bond acceptors (Lipinski definition) is 4. The molecule has 6 nitrogen and oxygen atoms in total. The van der Waals surface area contributed by atoms with Gasteiger partial charge in [-0.1, -0.05) is 12.1 Å². The van der Waals surface area contributed by atoms with Gasteiger partial charge < -0.3 is 9.29 Å². The lowest BCUT2D eigenvalue weighted by Crippen LogP contribution is -2.12. The zero-order valence-corrected chi connectivity index (χ0v) is 8.06. The van der Waals surface area contributed by atoms with Gasteiger partial charge in [-0.2, -0.15) is 4.21 Å². The molecule has 15 heavy (non-hydrogen) atoms. The van der Waals surface area contributed by atoms with E-state index in [-0.39, 0.29) is 11.1 Å². The van der Waals surface area contributed by atoms with Gasteiger partial charge in [-0.3, -0.25) is 4.55 Å². The van der Waals surface area contributed by atoms with Crippen molar-refractivity contribution in [2.75, 3.05) is 0 Å². The highest BCUT2D eigenvalue weighted by Gasteiger charge is 2.18. The SMILES string of the molecule is O=C(O)c1ccccc1C(=O)OS(=O)O. The third-order valence-electron chi connectivity index (χ3n) is 1.52. The van der Waals surface area contributed by atoms with Gasteiger partial charge in [0.15, 0.2) is 0 Å². The molecule has 1 aromatic rings. The number of carbonyl (C=O) groups excluding carboxylic acids is 1. The van der Waals surface area contributed by atoms with E-state index in [1.807, 2.05) is 0 Å². The van der Waals surface area contributed by atoms with Crippen molar-refractivity contribution in [1.29, 1.82) is 0 Å². The van der Waals surface area contributed by atoms with Crippen LogP contribution in [0.1, 0.15) is 20.7 Å². The van der Waals surface area contributed by atoms with Crippen molar-refractivity contribution < 1.29 is 27.6 Å². The highest BCUT2D eigenvalue weighted by molar-refractivity contribution is 7.74. The van der Waals surface area contributed by atoms with E-state index >= 15 is 0 Å². The number of benzene rings is 1. The van der Waals surface area contributed by atoms with E-state index in [1.54, 1.807) is 0 Å². The summed E-state index contributed by atoms with van der Waals surface area (Å²) in [5.41, 5.74) is -0.555. The second-order valence-electron chi connectivity index (χ2n) is 2.44. The second kappa shape index (κ2) is 4.67. The minimum absolute atomic E-state index is 0.271. The van der Waals surface area contributed by atoms with Crippen LogP contribution < -0.4 is 0 Å². The smallest absolute Gasteiger partial charge is 0.360 e. The molecule has 0 aliphatic heterocycles. The van der Waals surface area contributed by atoms with Gasteiger partial charge in [0, 0.05) is 0 Å². The van der Waals surface area contributed by atoms with Crippen molar-refractivity contribution in [3.05, 3.63) is 35.4 Å². The molecule has 1 unspecified atom stereocenters. The monoisotopic (exact) mass is 230 g/mol. The van der Waals surface area contributed by atoms with Crippen LogP contribution in [-0.4, -0.2) is 25.8 Å². The maximum absolute atomic E-state index is 11.1. The molecule has 1 aromatic carbocycles. The van der Waals surface area contributed by atoms with Crippen molar-refractivity contribution in [3.63, 3.8) is 0 Å². The Morgan fingerprint density at radius 1 is 1.20 bits per heavy atom. The van der Waals surface area contributed by atoms with Crippen molar-refractivity contribution >= 4 is 23.3 Å². The molecule has 0 aliphatic carbocycles. The quantitative estimate of drug-likeness (QED) is 0.740. The van der Waals surface area contributed by atoms with Gasteiger partial charge in [-0.25, -0.2) is 9.59 Å². The molecule has 80 valence electrons. The van der Waals surface area contributed by atoms with E-state index < -0.39 is 23.3 Å². The van der Waals surface area contributed by atoms with Crippen LogP contribution in [0, 0.1) is 0 Å². The van der Waals surface area contributed by atoms with Gasteiger partial charge in [0.2, 0.25) is 0 Å². The predicted molar refractivity (Wildman–Crippen MR) is 49.6 cm³/mol. The van der Waals surface area contributed by atoms with Gasteiger partial charge in [0.05, 0.1) is 11.1 Å². The van der Waals surface area contributed by atoms with Crippen molar-refractivity contribution in [2.45, 2.75) is 0 Å². The van der Waals surface area contributed by atoms with Crippen molar-refractivity contribution in [2.24, 2.45) is 0 Å². The van der Waals surface area contributed by atoms with E-state index in [0.29, 0.717) is 0 Å². The topological polar surface area (TPSA) is 101 Å². The van der Waals surface area contributed by atoms with E-state index in [1.165, 1.54) is 24.3 Å². The highest BCUT2D eigenvalue weighted by atomic mass is 32.2. The van der Waals surface area contributed by atoms with E-state index in [2.05, 4.69) is 4.18 Å². The zero-order valence-electron chi connectivity index (χ0n) is 7.25. The Labute approximate surface area is 87.0 Å². The van der Waals surface area contributed by atoms with E-state index in [9.17, 15) is 13.8 Å². The minimum Gasteiger partial charge on any atom is -0.478 e. The lowest BCUT2D eigenvalue weighted by atomic mass is 10.1. The molecule has 0 bridgehead atoms. The van der Waals surface area contributed by atoms with Crippen LogP contribution in [0.3, 0.4) is 0 Å². The molecule has 0 saturated carbocycles. The molecule has 0 heterocycles. The summed E-state index contributed by atoms with van der Waals surface area (Å²) in [6.45, 7) is 0. The first kappa shape index (κ1) is 11.3. The predicted octanol–water partition coefficient (Wildman–Crippen LogP) is 0.678. The maximum Gasteiger partial charge on any atom is 0.360 e. The normalized spacial score (nSPS) is 11.8. The van der Waals surface area contributed by atoms with E-state index in [0.717, 1.165) is 0 Å². The molecule has 0 radical (unpaired) electrons. The number of rotatable bonds is 3. The average Bonchev–Trinajstić information content (AvgIpc) is 2.16. The number of carbonyl (C=O) groups is 2. The van der Waals surface area contributed by atoms with Gasteiger partial charge >= 0.3 is 23.3 Å². The fourth-order valence-electron chi connectivity index (χ4n) is 0.957. The van der Waals surface area contributed by atoms with Crippen molar-refractivity contribution in [3.8, 4) is 0 Å². The molecular weight excluding hydrogens is 224 g/mol. The third-order valence-corrected chi connectivity index (χ3v) is 1.82. The number of carboxylic acid groups (broad SMARTS) is 1. The van der Waals surface area contributed by atoms with Gasteiger partial charge in [-0.15, -0.1) is 0 Å². The first-order valence-electron chi connectivity index (χ1n) is 3.68. The molecule has 0 amide bonds. The lowest BCUT2D eigenvalue weighted by Gasteiger charge is -2.02. The summed E-state index contributed by atoms with van der Waals surface area (Å²) in [6.07, 6.45) is 0. The molecule has 7 heteroatoms. The summed E-state index contributed by atoms with van der Waals surface area (Å²) >= 11 is -2.76. The summed E-state index contributed by atoms with van der Waals surface area (Å²) in [5.74, 6) is -2.47. The van der Waals surface area contributed by atoms with Crippen LogP contribution in [0.5, 0.6) is 0 Å². The van der Waals surface area contributed by atoms with Gasteiger partial charge in [-0.05, 0) is 12.1 Å². The minimum atomic E-state index is -2.76. The lowest BCUT2D eigenvalue weighted by molar-refractivity contribution is 0.0669. The van der Waals surface area contributed by atoms with Crippen LogP contribution >= 0.6 is 0 Å². The van der Waals surface area contributed by atoms with Crippen LogP contribution in [0.4, 0.5) is 0 Å². The standard InChI is InChI=1S/C8H6O6S/c9-7(10)5-3-1-2-4-6(5)8(11)14-15(12)13/h1-4H,(H,9,10)(H,12,13). The molecule has 0 spiro atoms. The Bertz CT molecular complexity index is 427. The fraction of sp³-hybridized carbons (Fsp3) is 0. The molecule has 1 rings (SSSR count). The summed E-state index contributed by atoms with van der Waals surface area (Å²) < 4.78 is 22.4. The summed E-state index contributed by atoms with van der Waals surface area (Å²) in [4.78, 5) is 21.8. The summed E-state index contributed by atoms with van der Waals surface area (Å²) in [6, 6.07) is 5.23. The van der Waals surface area contributed by atoms with Gasteiger partial charge in [0.25, 0.3) is 0 Å². The Balaban J connectivity index is 3.08. The molecular formula is C8H6O6S. The summed E-state index contributed by atoms with van der Waals surface area (Å²) in [5, 5.41) is 8.70. The first-order valence-corrected chi connectivity index (χ1v) is 4.71. The average molecular weight is 230 g/mol. The number of aromatic carboxylic acids is 1. The van der Waals surface area contributed by atoms with E-state index in [4.69, 9.17) is 9.66 Å². The Morgan fingerprint density at radius 2 is 1.73 bits per heavy atom. The Kier molecular flexibility index (Phi) is 3.53. The molecule has 0 aliphatic rings. The highest BCUT2D eigenvalue weighted by Crippen LogP contribution is 2.10. The van der Waals surface area contributed by atoms with Crippen LogP contribution in [0.15, 0.2) is 24.3 Å². The number of hydrogen-bond donors (Lipinski definition) is 2. The molecule has 2 N–H and O–H groups in total. The third kappa shape index (κ3) is 2.86. The number of carboxylic acids is 1. The molecule has 0 aromatic heterocycles. The van der Waals surface area contributed by atoms with Crippen LogP contribution in [-0.2, 0) is 15.5 Å². The molecule has 0 fully saturated rings. The maximum atomic E-state index is 11.1. The van der Waals surface area contributed by atoms with Gasteiger partial charge in [0.1, 0.15) is 0 Å². The Morgan fingerprint density at radius 3 is 2.20 bits per heavy atom. The largest absolute Gasteiger partial charge is 0.478 e. The van der Waals surface area contributed by atoms with Crippen LogP contribution in [0.2, 0.25) is 0 Å². The van der Waals surface area contributed by atoms with Crippen LogP contribution in [0.25, 0.3) is 0 Å².